The lowest BCUT2D eigenvalue weighted by molar-refractivity contribution is 0.0527. The summed E-state index contributed by atoms with van der Waals surface area (Å²) in [6, 6.07) is 7.83. The van der Waals surface area contributed by atoms with Crippen molar-refractivity contribution < 1.29 is 14.3 Å². The maximum Gasteiger partial charge on any atom is 0.407 e. The van der Waals surface area contributed by atoms with Crippen molar-refractivity contribution in [3.63, 3.8) is 0 Å². The van der Waals surface area contributed by atoms with Gasteiger partial charge in [0.05, 0.1) is 0 Å². The van der Waals surface area contributed by atoms with E-state index in [9.17, 15) is 9.59 Å². The standard InChI is InChI=1S/C25H33N7O3/c1-5-10-27-21-20(22(33)28-11-6-12-29-24(34)35-25(2,3)4)16-30-23(32-21)31-19-8-7-18-15-26-13-9-17(18)14-19/h7-9,13-16H,5-6,10-12H2,1-4H3,(H,28,33)(H,29,34)(H2,27,30,31,32). The van der Waals surface area contributed by atoms with Gasteiger partial charge in [0.15, 0.2) is 0 Å². The van der Waals surface area contributed by atoms with Crippen LogP contribution < -0.4 is 21.3 Å². The summed E-state index contributed by atoms with van der Waals surface area (Å²) in [6.45, 7) is 8.89. The van der Waals surface area contributed by atoms with Crippen LogP contribution >= 0.6 is 0 Å². The van der Waals surface area contributed by atoms with Crippen molar-refractivity contribution in [2.24, 2.45) is 0 Å². The molecule has 10 heteroatoms. The molecular formula is C25H33N7O3. The summed E-state index contributed by atoms with van der Waals surface area (Å²) in [4.78, 5) is 37.4. The van der Waals surface area contributed by atoms with Crippen LogP contribution in [0.2, 0.25) is 0 Å². The Balaban J connectivity index is 1.59. The Hall–Kier alpha value is -3.95. The maximum absolute atomic E-state index is 12.8. The highest BCUT2D eigenvalue weighted by Crippen LogP contribution is 2.22. The quantitative estimate of drug-likeness (QED) is 0.318. The van der Waals surface area contributed by atoms with E-state index in [0.717, 1.165) is 22.9 Å². The van der Waals surface area contributed by atoms with E-state index in [1.165, 1.54) is 6.20 Å². The second-order valence-corrected chi connectivity index (χ2v) is 8.98. The fraction of sp³-hybridized carbons (Fsp3) is 0.400. The Morgan fingerprint density at radius 1 is 1.00 bits per heavy atom. The van der Waals surface area contributed by atoms with Crippen LogP contribution in [-0.2, 0) is 4.74 Å². The van der Waals surface area contributed by atoms with Gasteiger partial charge in [0.1, 0.15) is 17.0 Å². The third-order valence-corrected chi connectivity index (χ3v) is 4.78. The second-order valence-electron chi connectivity index (χ2n) is 8.98. The van der Waals surface area contributed by atoms with Crippen LogP contribution in [-0.4, -0.2) is 52.2 Å². The Labute approximate surface area is 205 Å². The summed E-state index contributed by atoms with van der Waals surface area (Å²) in [7, 11) is 0. The smallest absolute Gasteiger partial charge is 0.407 e. The number of benzene rings is 1. The molecule has 1 aromatic carbocycles. The molecule has 0 bridgehead atoms. The minimum atomic E-state index is -0.549. The summed E-state index contributed by atoms with van der Waals surface area (Å²) in [5.74, 6) is 0.555. The van der Waals surface area contributed by atoms with Gasteiger partial charge in [-0.25, -0.2) is 9.78 Å². The zero-order valence-corrected chi connectivity index (χ0v) is 20.6. The number of fused-ring (bicyclic) bond motifs is 1. The largest absolute Gasteiger partial charge is 0.444 e. The van der Waals surface area contributed by atoms with Crippen LogP contribution in [0.15, 0.2) is 42.9 Å². The normalized spacial score (nSPS) is 11.1. The van der Waals surface area contributed by atoms with Crippen molar-refractivity contribution >= 4 is 40.2 Å². The number of amides is 2. The van der Waals surface area contributed by atoms with E-state index in [1.807, 2.05) is 37.4 Å². The molecule has 0 radical (unpaired) electrons. The first-order valence-electron chi connectivity index (χ1n) is 11.7. The van der Waals surface area contributed by atoms with E-state index in [2.05, 4.69) is 36.2 Å². The molecule has 0 spiro atoms. The van der Waals surface area contributed by atoms with Gasteiger partial charge in [-0.2, -0.15) is 4.98 Å². The number of rotatable bonds is 10. The summed E-state index contributed by atoms with van der Waals surface area (Å²) >= 11 is 0. The molecular weight excluding hydrogens is 446 g/mol. The summed E-state index contributed by atoms with van der Waals surface area (Å²) in [6.07, 6.45) is 6.02. The van der Waals surface area contributed by atoms with Crippen molar-refractivity contribution in [3.05, 3.63) is 48.4 Å². The van der Waals surface area contributed by atoms with E-state index in [0.29, 0.717) is 43.4 Å². The number of alkyl carbamates (subject to hydrolysis) is 1. The first kappa shape index (κ1) is 25.7. The Kier molecular flexibility index (Phi) is 8.77. The number of aromatic nitrogens is 3. The predicted molar refractivity (Wildman–Crippen MR) is 137 cm³/mol. The first-order valence-corrected chi connectivity index (χ1v) is 11.7. The van der Waals surface area contributed by atoms with Crippen LogP contribution in [0.25, 0.3) is 10.8 Å². The zero-order valence-electron chi connectivity index (χ0n) is 20.6. The molecule has 10 nitrogen and oxygen atoms in total. The fourth-order valence-corrected chi connectivity index (χ4v) is 3.17. The minimum Gasteiger partial charge on any atom is -0.444 e. The molecule has 0 fully saturated rings. The van der Waals surface area contributed by atoms with Gasteiger partial charge in [0.2, 0.25) is 5.95 Å². The van der Waals surface area contributed by atoms with Gasteiger partial charge < -0.3 is 26.0 Å². The third kappa shape index (κ3) is 8.09. The second kappa shape index (κ2) is 12.0. The number of carbonyl (C=O) groups excluding carboxylic acids is 2. The van der Waals surface area contributed by atoms with Crippen LogP contribution in [0.4, 0.5) is 22.2 Å². The van der Waals surface area contributed by atoms with Crippen molar-refractivity contribution in [2.45, 2.75) is 46.1 Å². The van der Waals surface area contributed by atoms with E-state index in [4.69, 9.17) is 4.74 Å². The first-order chi connectivity index (χ1) is 16.7. The van der Waals surface area contributed by atoms with E-state index < -0.39 is 11.7 Å². The average molecular weight is 480 g/mol. The third-order valence-electron chi connectivity index (χ3n) is 4.78. The van der Waals surface area contributed by atoms with Gasteiger partial charge in [-0.1, -0.05) is 13.0 Å². The number of hydrogen-bond acceptors (Lipinski definition) is 8. The molecule has 0 aliphatic heterocycles. The van der Waals surface area contributed by atoms with E-state index >= 15 is 0 Å². The highest BCUT2D eigenvalue weighted by atomic mass is 16.6. The lowest BCUT2D eigenvalue weighted by Crippen LogP contribution is -2.34. The molecule has 0 aliphatic rings. The van der Waals surface area contributed by atoms with Gasteiger partial charge >= 0.3 is 6.09 Å². The number of pyridine rings is 1. The molecule has 0 saturated carbocycles. The van der Waals surface area contributed by atoms with Gasteiger partial charge in [0, 0.05) is 49.3 Å². The van der Waals surface area contributed by atoms with Crippen LogP contribution in [0.1, 0.15) is 50.9 Å². The monoisotopic (exact) mass is 479 g/mol. The van der Waals surface area contributed by atoms with Crippen molar-refractivity contribution in [2.75, 3.05) is 30.3 Å². The number of nitrogens with one attached hydrogen (secondary N) is 4. The maximum atomic E-state index is 12.8. The Morgan fingerprint density at radius 3 is 2.57 bits per heavy atom. The van der Waals surface area contributed by atoms with Gasteiger partial charge in [-0.05, 0) is 57.2 Å². The predicted octanol–water partition coefficient (Wildman–Crippen LogP) is 4.23. The lowest BCUT2D eigenvalue weighted by Gasteiger charge is -2.19. The van der Waals surface area contributed by atoms with E-state index in [-0.39, 0.29) is 5.91 Å². The molecule has 0 aliphatic carbocycles. The van der Waals surface area contributed by atoms with E-state index in [1.54, 1.807) is 27.0 Å². The zero-order chi connectivity index (χ0) is 25.3. The molecule has 2 heterocycles. The SMILES string of the molecule is CCCNc1nc(Nc2ccc3cnccc3c2)ncc1C(=O)NCCCNC(=O)OC(C)(C)C. The number of carbonyl (C=O) groups is 2. The summed E-state index contributed by atoms with van der Waals surface area (Å²) in [5.41, 5.74) is 0.640. The number of hydrogen-bond donors (Lipinski definition) is 4. The van der Waals surface area contributed by atoms with Gasteiger partial charge in [0.25, 0.3) is 5.91 Å². The average Bonchev–Trinajstić information content (AvgIpc) is 2.81. The highest BCUT2D eigenvalue weighted by Gasteiger charge is 2.16. The molecule has 0 atom stereocenters. The molecule has 2 amide bonds. The molecule has 3 aromatic rings. The summed E-state index contributed by atoms with van der Waals surface area (Å²) < 4.78 is 5.19. The molecule has 2 aromatic heterocycles. The molecule has 0 unspecified atom stereocenters. The lowest BCUT2D eigenvalue weighted by atomic mass is 10.1. The Morgan fingerprint density at radius 2 is 1.80 bits per heavy atom. The summed E-state index contributed by atoms with van der Waals surface area (Å²) in [5, 5.41) is 14.0. The van der Waals surface area contributed by atoms with Crippen molar-refractivity contribution in [1.82, 2.24) is 25.6 Å². The van der Waals surface area contributed by atoms with Crippen LogP contribution in [0, 0.1) is 0 Å². The number of anilines is 3. The van der Waals surface area contributed by atoms with Crippen molar-refractivity contribution in [3.8, 4) is 0 Å². The molecule has 4 N–H and O–H groups in total. The topological polar surface area (TPSA) is 130 Å². The molecule has 0 saturated heterocycles. The van der Waals surface area contributed by atoms with Gasteiger partial charge in [-0.3, -0.25) is 9.78 Å². The molecule has 186 valence electrons. The van der Waals surface area contributed by atoms with Crippen LogP contribution in [0.5, 0.6) is 0 Å². The minimum absolute atomic E-state index is 0.286. The number of nitrogens with zero attached hydrogens (tertiary/aromatic N) is 3. The van der Waals surface area contributed by atoms with Crippen LogP contribution in [0.3, 0.4) is 0 Å². The highest BCUT2D eigenvalue weighted by molar-refractivity contribution is 5.98. The molecule has 3 rings (SSSR count). The Bertz CT molecular complexity index is 1160. The van der Waals surface area contributed by atoms with Gasteiger partial charge in [-0.15, -0.1) is 0 Å². The van der Waals surface area contributed by atoms with Crippen molar-refractivity contribution in [1.29, 1.82) is 0 Å². The fourth-order valence-electron chi connectivity index (χ4n) is 3.17. The number of ether oxygens (including phenoxy) is 1. The molecule has 35 heavy (non-hydrogen) atoms.